The molecule has 0 bridgehead atoms. The van der Waals surface area contributed by atoms with E-state index in [-0.39, 0.29) is 24.6 Å². The largest absolute Gasteiger partial charge is 0.462 e. The zero-order valence-electron chi connectivity index (χ0n) is 19.4. The first-order valence-electron chi connectivity index (χ1n) is 11.4. The molecule has 0 saturated heterocycles. The molecule has 1 aliphatic heterocycles. The van der Waals surface area contributed by atoms with Gasteiger partial charge in [0.1, 0.15) is 12.3 Å². The van der Waals surface area contributed by atoms with Crippen molar-refractivity contribution in [3.8, 4) is 17.3 Å². The number of aromatic nitrogens is 2. The van der Waals surface area contributed by atoms with Crippen LogP contribution >= 0.6 is 15.9 Å². The van der Waals surface area contributed by atoms with Gasteiger partial charge in [-0.05, 0) is 61.5 Å². The third kappa shape index (κ3) is 4.57. The van der Waals surface area contributed by atoms with Crippen LogP contribution in [0.15, 0.2) is 82.1 Å². The van der Waals surface area contributed by atoms with Crippen LogP contribution in [0, 0.1) is 0 Å². The van der Waals surface area contributed by atoms with E-state index in [1.54, 1.807) is 48.0 Å². The summed E-state index contributed by atoms with van der Waals surface area (Å²) in [6.45, 7) is 1.86. The highest BCUT2D eigenvalue weighted by Gasteiger charge is 2.29. The van der Waals surface area contributed by atoms with Crippen molar-refractivity contribution in [2.75, 3.05) is 11.9 Å². The Balaban J connectivity index is 1.47. The summed E-state index contributed by atoms with van der Waals surface area (Å²) >= 11 is 3.47. The molecule has 9 heteroatoms. The van der Waals surface area contributed by atoms with Gasteiger partial charge < -0.3 is 14.8 Å². The van der Waals surface area contributed by atoms with Gasteiger partial charge >= 0.3 is 5.97 Å². The van der Waals surface area contributed by atoms with Crippen molar-refractivity contribution < 1.29 is 19.1 Å². The Labute approximate surface area is 215 Å². The highest BCUT2D eigenvalue weighted by Crippen LogP contribution is 2.37. The van der Waals surface area contributed by atoms with Crippen LogP contribution in [0.2, 0.25) is 0 Å². The number of halogens is 1. The quantitative estimate of drug-likeness (QED) is 0.305. The molecule has 2 heterocycles. The summed E-state index contributed by atoms with van der Waals surface area (Å²) in [5, 5.41) is 2.82. The van der Waals surface area contributed by atoms with Crippen LogP contribution in [-0.4, -0.2) is 27.8 Å². The topological polar surface area (TPSA) is 91.6 Å². The maximum atomic E-state index is 13.5. The molecule has 8 nitrogen and oxygen atoms in total. The highest BCUT2D eigenvalue weighted by atomic mass is 79.9. The van der Waals surface area contributed by atoms with Crippen LogP contribution < -0.4 is 15.6 Å². The summed E-state index contributed by atoms with van der Waals surface area (Å²) in [6, 6.07) is 21.2. The van der Waals surface area contributed by atoms with Crippen molar-refractivity contribution in [3.63, 3.8) is 0 Å². The van der Waals surface area contributed by atoms with Gasteiger partial charge in [0.05, 0.1) is 23.4 Å². The van der Waals surface area contributed by atoms with Crippen molar-refractivity contribution in [2.24, 2.45) is 0 Å². The molecule has 0 spiro atoms. The lowest BCUT2D eigenvalue weighted by Gasteiger charge is -2.19. The van der Waals surface area contributed by atoms with Gasteiger partial charge in [0.2, 0.25) is 11.8 Å². The molecule has 1 N–H and O–H groups in total. The number of para-hydroxylation sites is 1. The first-order chi connectivity index (χ1) is 17.4. The van der Waals surface area contributed by atoms with Gasteiger partial charge in [-0.15, -0.1) is 0 Å². The molecule has 0 atom stereocenters. The summed E-state index contributed by atoms with van der Waals surface area (Å²) in [7, 11) is 0. The zero-order valence-corrected chi connectivity index (χ0v) is 20.9. The number of nitrogens with one attached hydrogen (secondary N) is 1. The molecular formula is C27H22BrN3O5. The molecule has 0 saturated carbocycles. The molecule has 0 unspecified atom stereocenters. The van der Waals surface area contributed by atoms with Gasteiger partial charge in [0.25, 0.3) is 5.56 Å². The van der Waals surface area contributed by atoms with E-state index in [1.165, 1.54) is 4.68 Å². The fourth-order valence-corrected chi connectivity index (χ4v) is 4.54. The van der Waals surface area contributed by atoms with E-state index in [1.807, 2.05) is 36.4 Å². The van der Waals surface area contributed by atoms with Gasteiger partial charge in [0, 0.05) is 22.1 Å². The second-order valence-electron chi connectivity index (χ2n) is 8.17. The molecule has 0 aliphatic carbocycles. The van der Waals surface area contributed by atoms with Crippen LogP contribution in [0.25, 0.3) is 5.69 Å². The number of anilines is 1. The SMILES string of the molecule is CCOC(=O)c1ccc(NC(=O)Cn2c3c(c(=O)n2-c2ccccc2)Cc2cc(Br)ccc2O3)cc1. The first-order valence-corrected chi connectivity index (χ1v) is 12.2. The predicted molar refractivity (Wildman–Crippen MR) is 138 cm³/mol. The van der Waals surface area contributed by atoms with Gasteiger partial charge in [-0.2, -0.15) is 0 Å². The predicted octanol–water partition coefficient (Wildman–Crippen LogP) is 4.91. The molecule has 0 radical (unpaired) electrons. The fourth-order valence-electron chi connectivity index (χ4n) is 4.13. The highest BCUT2D eigenvalue weighted by molar-refractivity contribution is 9.10. The Morgan fingerprint density at radius 2 is 1.81 bits per heavy atom. The van der Waals surface area contributed by atoms with Crippen LogP contribution in [0.3, 0.4) is 0 Å². The molecule has 36 heavy (non-hydrogen) atoms. The lowest BCUT2D eigenvalue weighted by Crippen LogP contribution is -2.27. The van der Waals surface area contributed by atoms with Crippen molar-refractivity contribution in [1.82, 2.24) is 9.36 Å². The lowest BCUT2D eigenvalue weighted by atomic mass is 10.0. The average molecular weight is 548 g/mol. The molecule has 1 aliphatic rings. The number of hydrogen-bond donors (Lipinski definition) is 1. The lowest BCUT2D eigenvalue weighted by molar-refractivity contribution is -0.117. The number of ether oxygens (including phenoxy) is 2. The third-order valence-corrected chi connectivity index (χ3v) is 6.25. The second kappa shape index (κ2) is 9.87. The maximum absolute atomic E-state index is 13.5. The number of rotatable bonds is 6. The Bertz CT molecular complexity index is 1510. The monoisotopic (exact) mass is 547 g/mol. The fraction of sp³-hybridized carbons (Fsp3) is 0.148. The van der Waals surface area contributed by atoms with Crippen molar-refractivity contribution in [1.29, 1.82) is 0 Å². The zero-order chi connectivity index (χ0) is 25.2. The molecule has 3 aromatic carbocycles. The molecule has 1 aromatic heterocycles. The van der Waals surface area contributed by atoms with Crippen LogP contribution in [0.1, 0.15) is 28.4 Å². The molecule has 1 amide bonds. The van der Waals surface area contributed by atoms with Gasteiger partial charge in [-0.25, -0.2) is 14.2 Å². The van der Waals surface area contributed by atoms with Crippen LogP contribution in [0.4, 0.5) is 5.69 Å². The standard InChI is InChI=1S/C27H22BrN3O5/c1-2-35-27(34)17-8-11-20(12-9-17)29-24(32)16-30-26-22(15-18-14-19(28)10-13-23(18)36-26)25(33)31(30)21-6-4-3-5-7-21/h3-14H,2,15-16H2,1H3,(H,29,32). The molecule has 5 rings (SSSR count). The number of benzene rings is 3. The Kier molecular flexibility index (Phi) is 6.47. The minimum absolute atomic E-state index is 0.162. The normalized spacial score (nSPS) is 11.7. The smallest absolute Gasteiger partial charge is 0.338 e. The number of fused-ring (bicyclic) bond motifs is 2. The van der Waals surface area contributed by atoms with E-state index >= 15 is 0 Å². The van der Waals surface area contributed by atoms with Crippen molar-refractivity contribution in [3.05, 3.63) is 104 Å². The molecule has 4 aromatic rings. The Morgan fingerprint density at radius 3 is 2.53 bits per heavy atom. The van der Waals surface area contributed by atoms with Gasteiger partial charge in [0.15, 0.2) is 0 Å². The maximum Gasteiger partial charge on any atom is 0.338 e. The Morgan fingerprint density at radius 1 is 1.06 bits per heavy atom. The summed E-state index contributed by atoms with van der Waals surface area (Å²) in [5.74, 6) is 0.198. The summed E-state index contributed by atoms with van der Waals surface area (Å²) in [5.41, 5.74) is 2.66. The number of amides is 1. The second-order valence-corrected chi connectivity index (χ2v) is 9.09. The van der Waals surface area contributed by atoms with Crippen LogP contribution in [0.5, 0.6) is 11.6 Å². The Hall–Kier alpha value is -4.11. The van der Waals surface area contributed by atoms with E-state index in [0.717, 1.165) is 10.0 Å². The van der Waals surface area contributed by atoms with Gasteiger partial charge in [-0.1, -0.05) is 34.1 Å². The van der Waals surface area contributed by atoms with E-state index in [2.05, 4.69) is 21.2 Å². The number of carbonyl (C=O) groups excluding carboxylic acids is 2. The van der Waals surface area contributed by atoms with E-state index in [4.69, 9.17) is 9.47 Å². The van der Waals surface area contributed by atoms with E-state index in [9.17, 15) is 14.4 Å². The van der Waals surface area contributed by atoms with Gasteiger partial charge in [-0.3, -0.25) is 9.59 Å². The minimum atomic E-state index is -0.425. The summed E-state index contributed by atoms with van der Waals surface area (Å²) < 4.78 is 15.1. The third-order valence-electron chi connectivity index (χ3n) is 5.75. The van der Waals surface area contributed by atoms with E-state index in [0.29, 0.717) is 40.6 Å². The van der Waals surface area contributed by atoms with Crippen molar-refractivity contribution >= 4 is 33.5 Å². The number of nitrogens with zero attached hydrogens (tertiary/aromatic N) is 2. The average Bonchev–Trinajstić information content (AvgIpc) is 3.14. The summed E-state index contributed by atoms with van der Waals surface area (Å²) in [4.78, 5) is 38.4. The summed E-state index contributed by atoms with van der Waals surface area (Å²) in [6.07, 6.45) is 0.389. The number of hydrogen-bond acceptors (Lipinski definition) is 5. The number of esters is 1. The molecule has 182 valence electrons. The van der Waals surface area contributed by atoms with E-state index < -0.39 is 5.97 Å². The number of carbonyl (C=O) groups is 2. The van der Waals surface area contributed by atoms with Crippen molar-refractivity contribution in [2.45, 2.75) is 19.9 Å². The molecule has 0 fully saturated rings. The first kappa shape index (κ1) is 23.6. The van der Waals surface area contributed by atoms with Crippen LogP contribution in [-0.2, 0) is 22.5 Å². The molecular weight excluding hydrogens is 526 g/mol. The minimum Gasteiger partial charge on any atom is -0.462 e.